The van der Waals surface area contributed by atoms with Crippen LogP contribution in [0.15, 0.2) is 48.5 Å². The van der Waals surface area contributed by atoms with Gasteiger partial charge < -0.3 is 13.8 Å². The maximum absolute atomic E-state index is 13.5. The number of ether oxygens (including phenoxy) is 1. The Morgan fingerprint density at radius 2 is 2.00 bits per heavy atom. The largest absolute Gasteiger partial charge is 0.383 e. The number of hydrogen-bond donors (Lipinski definition) is 0. The topological polar surface area (TPSA) is 72.9 Å². The van der Waals surface area contributed by atoms with E-state index in [0.717, 1.165) is 24.7 Å². The van der Waals surface area contributed by atoms with Crippen LogP contribution in [0, 0.1) is 5.82 Å². The molecule has 0 unspecified atom stereocenters. The summed E-state index contributed by atoms with van der Waals surface area (Å²) in [6.45, 7) is 1.36. The Balaban J connectivity index is 1.77. The lowest BCUT2D eigenvalue weighted by molar-refractivity contribution is 0.0507. The predicted molar refractivity (Wildman–Crippen MR) is 102 cm³/mol. The number of nitrogens with zero attached hydrogens (tertiary/aromatic N) is 1. The Labute approximate surface area is 164 Å². The third-order valence-corrected chi connectivity index (χ3v) is 4.85. The van der Waals surface area contributed by atoms with Gasteiger partial charge >= 0.3 is 10.1 Å². The Kier molecular flexibility index (Phi) is 6.31. The highest BCUT2D eigenvalue weighted by atomic mass is 32.2. The monoisotopic (exact) mass is 407 g/mol. The average molecular weight is 407 g/mol. The summed E-state index contributed by atoms with van der Waals surface area (Å²) >= 11 is 0. The smallest absolute Gasteiger partial charge is 0.306 e. The van der Waals surface area contributed by atoms with E-state index in [0.29, 0.717) is 13.2 Å². The lowest BCUT2D eigenvalue weighted by Crippen LogP contribution is -2.37. The van der Waals surface area contributed by atoms with E-state index in [1.54, 1.807) is 23.1 Å². The maximum atomic E-state index is 13.5. The first-order chi connectivity index (χ1) is 13.3. The summed E-state index contributed by atoms with van der Waals surface area (Å²) in [5.41, 5.74) is 1.07. The number of carbonyl (C=O) groups is 1. The molecular formula is C20H22FNO5S. The molecule has 28 heavy (non-hydrogen) atoms. The molecule has 0 radical (unpaired) electrons. The first kappa shape index (κ1) is 20.3. The molecule has 1 aliphatic rings. The van der Waals surface area contributed by atoms with Crippen molar-refractivity contribution in [3.05, 3.63) is 65.5 Å². The average Bonchev–Trinajstić information content (AvgIpc) is 3.14. The zero-order valence-corrected chi connectivity index (χ0v) is 16.3. The minimum atomic E-state index is -3.60. The van der Waals surface area contributed by atoms with Gasteiger partial charge in [-0.05, 0) is 48.7 Å². The molecule has 0 spiro atoms. The van der Waals surface area contributed by atoms with Crippen molar-refractivity contribution in [2.45, 2.75) is 25.5 Å². The molecule has 1 fully saturated rings. The molecule has 1 saturated heterocycles. The molecule has 0 aliphatic carbocycles. The Hall–Kier alpha value is -2.45. The molecule has 1 heterocycles. The minimum absolute atomic E-state index is 0.0506. The second-order valence-corrected chi connectivity index (χ2v) is 8.34. The molecule has 0 N–H and O–H groups in total. The van der Waals surface area contributed by atoms with E-state index in [4.69, 9.17) is 8.92 Å². The highest BCUT2D eigenvalue weighted by Crippen LogP contribution is 2.20. The van der Waals surface area contributed by atoms with Crippen molar-refractivity contribution in [2.24, 2.45) is 0 Å². The van der Waals surface area contributed by atoms with Crippen LogP contribution in [0.3, 0.4) is 0 Å². The van der Waals surface area contributed by atoms with Crippen molar-refractivity contribution in [1.82, 2.24) is 4.90 Å². The van der Waals surface area contributed by atoms with Crippen molar-refractivity contribution in [3.8, 4) is 5.75 Å². The summed E-state index contributed by atoms with van der Waals surface area (Å²) in [6.07, 6.45) is 2.74. The SMILES string of the molecule is CS(=O)(=O)Oc1ccc(CN(C[C@H]2CCCO2)C(=O)c2cccc(F)c2)cc1. The highest BCUT2D eigenvalue weighted by molar-refractivity contribution is 7.86. The standard InChI is InChI=1S/C20H22FNO5S/c1-28(24,25)27-18-9-7-15(8-10-18)13-22(14-19-6-3-11-26-19)20(23)16-4-2-5-17(21)12-16/h2,4-5,7-10,12,19H,3,6,11,13-14H2,1H3/t19-/m1/s1. The van der Waals surface area contributed by atoms with Gasteiger partial charge in [0.1, 0.15) is 11.6 Å². The summed E-state index contributed by atoms with van der Waals surface area (Å²) in [5, 5.41) is 0. The van der Waals surface area contributed by atoms with Gasteiger partial charge in [0, 0.05) is 25.3 Å². The number of rotatable bonds is 7. The molecule has 8 heteroatoms. The predicted octanol–water partition coefficient (Wildman–Crippen LogP) is 2.99. The van der Waals surface area contributed by atoms with Gasteiger partial charge in [0.05, 0.1) is 12.4 Å². The van der Waals surface area contributed by atoms with Crippen LogP contribution in [0.4, 0.5) is 4.39 Å². The van der Waals surface area contributed by atoms with Crippen LogP contribution in [-0.2, 0) is 21.4 Å². The number of hydrogen-bond acceptors (Lipinski definition) is 5. The van der Waals surface area contributed by atoms with Crippen molar-refractivity contribution in [1.29, 1.82) is 0 Å². The first-order valence-electron chi connectivity index (χ1n) is 8.95. The van der Waals surface area contributed by atoms with Crippen molar-refractivity contribution in [2.75, 3.05) is 19.4 Å². The fraction of sp³-hybridized carbons (Fsp3) is 0.350. The van der Waals surface area contributed by atoms with Crippen LogP contribution in [0.5, 0.6) is 5.75 Å². The molecule has 1 aliphatic heterocycles. The molecule has 150 valence electrons. The summed E-state index contributed by atoms with van der Waals surface area (Å²) in [5.74, 6) is -0.551. The van der Waals surface area contributed by atoms with Crippen LogP contribution in [0.2, 0.25) is 0 Å². The Morgan fingerprint density at radius 3 is 2.61 bits per heavy atom. The van der Waals surface area contributed by atoms with E-state index in [1.807, 2.05) is 0 Å². The fourth-order valence-corrected chi connectivity index (χ4v) is 3.56. The zero-order chi connectivity index (χ0) is 20.1. The lowest BCUT2D eigenvalue weighted by Gasteiger charge is -2.26. The van der Waals surface area contributed by atoms with Crippen LogP contribution in [-0.4, -0.2) is 44.7 Å². The molecule has 3 rings (SSSR count). The molecule has 2 aromatic rings. The Bertz CT molecular complexity index is 924. The third kappa shape index (κ3) is 5.77. The van der Waals surface area contributed by atoms with Gasteiger partial charge in [0.2, 0.25) is 0 Å². The van der Waals surface area contributed by atoms with E-state index in [-0.39, 0.29) is 29.9 Å². The number of halogens is 1. The van der Waals surface area contributed by atoms with E-state index >= 15 is 0 Å². The highest BCUT2D eigenvalue weighted by Gasteiger charge is 2.24. The summed E-state index contributed by atoms with van der Waals surface area (Å²) in [7, 11) is -3.60. The molecule has 0 bridgehead atoms. The van der Waals surface area contributed by atoms with Crippen LogP contribution >= 0.6 is 0 Å². The molecule has 1 amide bonds. The van der Waals surface area contributed by atoms with Gasteiger partial charge in [-0.2, -0.15) is 8.42 Å². The second kappa shape index (κ2) is 8.70. The molecular weight excluding hydrogens is 385 g/mol. The second-order valence-electron chi connectivity index (χ2n) is 6.76. The van der Waals surface area contributed by atoms with Crippen LogP contribution in [0.25, 0.3) is 0 Å². The molecule has 1 atom stereocenters. The minimum Gasteiger partial charge on any atom is -0.383 e. The first-order valence-corrected chi connectivity index (χ1v) is 10.8. The summed E-state index contributed by atoms with van der Waals surface area (Å²) in [4.78, 5) is 14.6. The quantitative estimate of drug-likeness (QED) is 0.660. The molecule has 0 aromatic heterocycles. The summed E-state index contributed by atoms with van der Waals surface area (Å²) < 4.78 is 46.4. The summed E-state index contributed by atoms with van der Waals surface area (Å²) in [6, 6.07) is 12.1. The number of carbonyl (C=O) groups excluding carboxylic acids is 1. The van der Waals surface area contributed by atoms with Crippen LogP contribution < -0.4 is 4.18 Å². The van der Waals surface area contributed by atoms with E-state index in [1.165, 1.54) is 30.3 Å². The van der Waals surface area contributed by atoms with E-state index < -0.39 is 15.9 Å². The van der Waals surface area contributed by atoms with E-state index in [2.05, 4.69) is 0 Å². The normalized spacial score (nSPS) is 16.7. The van der Waals surface area contributed by atoms with Gasteiger partial charge in [-0.1, -0.05) is 18.2 Å². The number of amides is 1. The van der Waals surface area contributed by atoms with Gasteiger partial charge in [0.25, 0.3) is 5.91 Å². The van der Waals surface area contributed by atoms with Gasteiger partial charge in [0.15, 0.2) is 0 Å². The van der Waals surface area contributed by atoms with Crippen molar-refractivity contribution >= 4 is 16.0 Å². The van der Waals surface area contributed by atoms with Crippen molar-refractivity contribution in [3.63, 3.8) is 0 Å². The fourth-order valence-electron chi connectivity index (χ4n) is 3.10. The lowest BCUT2D eigenvalue weighted by atomic mass is 10.1. The zero-order valence-electron chi connectivity index (χ0n) is 15.5. The molecule has 6 nitrogen and oxygen atoms in total. The number of benzene rings is 2. The van der Waals surface area contributed by atoms with Gasteiger partial charge in [-0.15, -0.1) is 0 Å². The third-order valence-electron chi connectivity index (χ3n) is 4.35. The van der Waals surface area contributed by atoms with Gasteiger partial charge in [-0.3, -0.25) is 4.79 Å². The van der Waals surface area contributed by atoms with Crippen LogP contribution in [0.1, 0.15) is 28.8 Å². The van der Waals surface area contributed by atoms with E-state index in [9.17, 15) is 17.6 Å². The molecule has 0 saturated carbocycles. The van der Waals surface area contributed by atoms with Gasteiger partial charge in [-0.25, -0.2) is 4.39 Å². The maximum Gasteiger partial charge on any atom is 0.306 e. The Morgan fingerprint density at radius 1 is 1.25 bits per heavy atom. The molecule has 2 aromatic carbocycles. The van der Waals surface area contributed by atoms with Crippen molar-refractivity contribution < 1.29 is 26.5 Å².